The number of amides is 1. The summed E-state index contributed by atoms with van der Waals surface area (Å²) in [4.78, 5) is 22.2. The standard InChI is InChI=1S/C14H19NO4/c1-3-10(2)19-14(18)15-9-12-7-5-4-6-11(12)8-13(16)17/h4-7,10H,3,8-9H2,1-2H3,(H,15,18)(H,16,17). The van der Waals surface area contributed by atoms with E-state index < -0.39 is 12.1 Å². The van der Waals surface area contributed by atoms with Crippen LogP contribution >= 0.6 is 0 Å². The van der Waals surface area contributed by atoms with E-state index in [-0.39, 0.29) is 19.1 Å². The first-order valence-electron chi connectivity index (χ1n) is 6.26. The molecule has 1 unspecified atom stereocenters. The van der Waals surface area contributed by atoms with Crippen LogP contribution in [0.3, 0.4) is 0 Å². The Hall–Kier alpha value is -2.04. The minimum atomic E-state index is -0.894. The fraction of sp³-hybridized carbons (Fsp3) is 0.429. The summed E-state index contributed by atoms with van der Waals surface area (Å²) in [5.41, 5.74) is 1.48. The highest BCUT2D eigenvalue weighted by Crippen LogP contribution is 2.09. The maximum Gasteiger partial charge on any atom is 0.407 e. The van der Waals surface area contributed by atoms with Gasteiger partial charge in [0.15, 0.2) is 0 Å². The van der Waals surface area contributed by atoms with Gasteiger partial charge in [-0.25, -0.2) is 4.79 Å². The normalized spacial score (nSPS) is 11.7. The van der Waals surface area contributed by atoms with E-state index >= 15 is 0 Å². The number of nitrogens with one attached hydrogen (secondary N) is 1. The number of carbonyl (C=O) groups is 2. The number of carbonyl (C=O) groups excluding carboxylic acids is 1. The number of hydrogen-bond acceptors (Lipinski definition) is 3. The molecule has 0 aliphatic carbocycles. The first kappa shape index (κ1) is 15.0. The molecular formula is C14H19NO4. The maximum absolute atomic E-state index is 11.5. The van der Waals surface area contributed by atoms with Crippen LogP contribution in [0.1, 0.15) is 31.4 Å². The van der Waals surface area contributed by atoms with Crippen LogP contribution in [0.4, 0.5) is 4.79 Å². The van der Waals surface area contributed by atoms with Crippen molar-refractivity contribution in [2.75, 3.05) is 0 Å². The molecule has 2 N–H and O–H groups in total. The number of rotatable bonds is 6. The molecule has 0 aromatic heterocycles. The third kappa shape index (κ3) is 5.42. The number of benzene rings is 1. The van der Waals surface area contributed by atoms with E-state index in [1.807, 2.05) is 19.9 Å². The average Bonchev–Trinajstić information content (AvgIpc) is 2.37. The Kier molecular flexibility index (Phi) is 5.85. The lowest BCUT2D eigenvalue weighted by Gasteiger charge is -2.13. The van der Waals surface area contributed by atoms with Gasteiger partial charge in [-0.05, 0) is 24.5 Å². The van der Waals surface area contributed by atoms with Gasteiger partial charge in [-0.2, -0.15) is 0 Å². The van der Waals surface area contributed by atoms with Crippen molar-refractivity contribution in [2.24, 2.45) is 0 Å². The second-order valence-electron chi connectivity index (χ2n) is 4.32. The van der Waals surface area contributed by atoms with E-state index in [0.29, 0.717) is 5.56 Å². The Morgan fingerprint density at radius 3 is 2.53 bits per heavy atom. The molecule has 0 radical (unpaired) electrons. The molecule has 0 heterocycles. The van der Waals surface area contributed by atoms with Gasteiger partial charge in [-0.1, -0.05) is 31.2 Å². The van der Waals surface area contributed by atoms with Gasteiger partial charge in [0.25, 0.3) is 0 Å². The summed E-state index contributed by atoms with van der Waals surface area (Å²) < 4.78 is 5.08. The molecule has 5 nitrogen and oxygen atoms in total. The predicted molar refractivity (Wildman–Crippen MR) is 70.9 cm³/mol. The summed E-state index contributed by atoms with van der Waals surface area (Å²) in [6.45, 7) is 4.01. The summed E-state index contributed by atoms with van der Waals surface area (Å²) >= 11 is 0. The van der Waals surface area contributed by atoms with Crippen LogP contribution in [0.2, 0.25) is 0 Å². The third-order valence-electron chi connectivity index (χ3n) is 2.77. The highest BCUT2D eigenvalue weighted by Gasteiger charge is 2.09. The van der Waals surface area contributed by atoms with Gasteiger partial charge in [-0.3, -0.25) is 4.79 Å². The van der Waals surface area contributed by atoms with Gasteiger partial charge >= 0.3 is 12.1 Å². The summed E-state index contributed by atoms with van der Waals surface area (Å²) in [5, 5.41) is 11.4. The van der Waals surface area contributed by atoms with Crippen LogP contribution in [0, 0.1) is 0 Å². The monoisotopic (exact) mass is 265 g/mol. The summed E-state index contributed by atoms with van der Waals surface area (Å²) in [7, 11) is 0. The van der Waals surface area contributed by atoms with E-state index in [2.05, 4.69) is 5.32 Å². The number of hydrogen-bond donors (Lipinski definition) is 2. The van der Waals surface area contributed by atoms with Gasteiger partial charge in [0, 0.05) is 6.54 Å². The second-order valence-corrected chi connectivity index (χ2v) is 4.32. The SMILES string of the molecule is CCC(C)OC(=O)NCc1ccccc1CC(=O)O. The zero-order valence-electron chi connectivity index (χ0n) is 11.2. The Labute approximate surface area is 112 Å². The molecule has 0 saturated carbocycles. The molecule has 104 valence electrons. The average molecular weight is 265 g/mol. The number of aliphatic carboxylic acids is 1. The van der Waals surface area contributed by atoms with Crippen LogP contribution in [-0.2, 0) is 22.5 Å². The van der Waals surface area contributed by atoms with Crippen molar-refractivity contribution in [3.63, 3.8) is 0 Å². The zero-order chi connectivity index (χ0) is 14.3. The van der Waals surface area contributed by atoms with E-state index in [0.717, 1.165) is 12.0 Å². The van der Waals surface area contributed by atoms with Crippen molar-refractivity contribution in [3.8, 4) is 0 Å². The highest BCUT2D eigenvalue weighted by molar-refractivity contribution is 5.71. The minimum Gasteiger partial charge on any atom is -0.481 e. The fourth-order valence-electron chi connectivity index (χ4n) is 1.54. The molecule has 1 aromatic carbocycles. The lowest BCUT2D eigenvalue weighted by molar-refractivity contribution is -0.136. The maximum atomic E-state index is 11.5. The van der Waals surface area contributed by atoms with Crippen molar-refractivity contribution >= 4 is 12.1 Å². The van der Waals surface area contributed by atoms with Crippen LogP contribution in [0.25, 0.3) is 0 Å². The molecule has 0 aliphatic rings. The molecule has 1 aromatic rings. The Morgan fingerprint density at radius 2 is 1.95 bits per heavy atom. The Bertz CT molecular complexity index is 445. The molecule has 0 spiro atoms. The van der Waals surface area contributed by atoms with Crippen molar-refractivity contribution in [2.45, 2.75) is 39.3 Å². The van der Waals surface area contributed by atoms with Gasteiger partial charge in [0.05, 0.1) is 6.42 Å². The summed E-state index contributed by atoms with van der Waals surface area (Å²) in [6, 6.07) is 7.12. The highest BCUT2D eigenvalue weighted by atomic mass is 16.6. The van der Waals surface area contributed by atoms with Crippen LogP contribution in [-0.4, -0.2) is 23.3 Å². The molecule has 1 atom stereocenters. The molecule has 19 heavy (non-hydrogen) atoms. The smallest absolute Gasteiger partial charge is 0.407 e. The number of ether oxygens (including phenoxy) is 1. The minimum absolute atomic E-state index is 0.0573. The van der Waals surface area contributed by atoms with E-state index in [1.54, 1.807) is 18.2 Å². The van der Waals surface area contributed by atoms with Gasteiger partial charge in [0.1, 0.15) is 6.10 Å². The first-order chi connectivity index (χ1) is 9.02. The van der Waals surface area contributed by atoms with Crippen molar-refractivity contribution in [3.05, 3.63) is 35.4 Å². The van der Waals surface area contributed by atoms with Crippen molar-refractivity contribution in [1.82, 2.24) is 5.32 Å². The predicted octanol–water partition coefficient (Wildman–Crippen LogP) is 2.34. The summed E-state index contributed by atoms with van der Waals surface area (Å²) in [5.74, 6) is -0.894. The zero-order valence-corrected chi connectivity index (χ0v) is 11.2. The van der Waals surface area contributed by atoms with E-state index in [1.165, 1.54) is 0 Å². The van der Waals surface area contributed by atoms with E-state index in [9.17, 15) is 9.59 Å². The van der Waals surface area contributed by atoms with Gasteiger partial charge < -0.3 is 15.2 Å². The quantitative estimate of drug-likeness (QED) is 0.827. The van der Waals surface area contributed by atoms with Gasteiger partial charge in [-0.15, -0.1) is 0 Å². The number of alkyl carbamates (subject to hydrolysis) is 1. The van der Waals surface area contributed by atoms with Crippen LogP contribution in [0.15, 0.2) is 24.3 Å². The van der Waals surface area contributed by atoms with Gasteiger partial charge in [0.2, 0.25) is 0 Å². The molecule has 0 bridgehead atoms. The van der Waals surface area contributed by atoms with Crippen LogP contribution < -0.4 is 5.32 Å². The summed E-state index contributed by atoms with van der Waals surface area (Å²) in [6.07, 6.45) is 0.0788. The second kappa shape index (κ2) is 7.41. The molecule has 1 rings (SSSR count). The molecule has 0 fully saturated rings. The Balaban J connectivity index is 2.57. The topological polar surface area (TPSA) is 75.6 Å². The molecule has 0 aliphatic heterocycles. The van der Waals surface area contributed by atoms with E-state index in [4.69, 9.17) is 9.84 Å². The fourth-order valence-corrected chi connectivity index (χ4v) is 1.54. The number of carboxylic acids is 1. The van der Waals surface area contributed by atoms with Crippen molar-refractivity contribution < 1.29 is 19.4 Å². The lowest BCUT2D eigenvalue weighted by atomic mass is 10.0. The molecule has 5 heteroatoms. The molecular weight excluding hydrogens is 246 g/mol. The van der Waals surface area contributed by atoms with Crippen molar-refractivity contribution in [1.29, 1.82) is 0 Å². The first-order valence-corrected chi connectivity index (χ1v) is 6.26. The number of carboxylic acid groups (broad SMARTS) is 1. The van der Waals surface area contributed by atoms with Crippen LogP contribution in [0.5, 0.6) is 0 Å². The molecule has 0 saturated heterocycles. The lowest BCUT2D eigenvalue weighted by Crippen LogP contribution is -2.27. The third-order valence-corrected chi connectivity index (χ3v) is 2.77. The molecule has 1 amide bonds. The Morgan fingerprint density at radius 1 is 1.32 bits per heavy atom. The largest absolute Gasteiger partial charge is 0.481 e.